The van der Waals surface area contributed by atoms with E-state index in [4.69, 9.17) is 0 Å². The van der Waals surface area contributed by atoms with E-state index in [2.05, 4.69) is 10.6 Å². The van der Waals surface area contributed by atoms with Gasteiger partial charge in [0.15, 0.2) is 0 Å². The lowest BCUT2D eigenvalue weighted by Gasteiger charge is -2.32. The summed E-state index contributed by atoms with van der Waals surface area (Å²) >= 11 is 0. The molecule has 2 atom stereocenters. The third kappa shape index (κ3) is 3.46. The van der Waals surface area contributed by atoms with Crippen molar-refractivity contribution in [3.8, 4) is 0 Å². The fraction of sp³-hybridized carbons (Fsp3) is 0.917. The summed E-state index contributed by atoms with van der Waals surface area (Å²) in [7, 11) is 0. The van der Waals surface area contributed by atoms with E-state index in [-0.39, 0.29) is 18.1 Å². The van der Waals surface area contributed by atoms with Gasteiger partial charge in [0.2, 0.25) is 5.91 Å². The molecule has 0 saturated heterocycles. The van der Waals surface area contributed by atoms with Crippen molar-refractivity contribution in [2.24, 2.45) is 0 Å². The quantitative estimate of drug-likeness (QED) is 0.667. The second kappa shape index (κ2) is 5.64. The molecule has 2 unspecified atom stereocenters. The van der Waals surface area contributed by atoms with Crippen molar-refractivity contribution >= 4 is 5.91 Å². The molecule has 1 aliphatic carbocycles. The van der Waals surface area contributed by atoms with Crippen molar-refractivity contribution in [3.63, 3.8) is 0 Å². The van der Waals surface area contributed by atoms with Crippen LogP contribution in [0.4, 0.5) is 0 Å². The molecule has 1 saturated carbocycles. The van der Waals surface area contributed by atoms with Crippen LogP contribution in [0.3, 0.4) is 0 Å². The molecule has 0 aromatic carbocycles. The maximum absolute atomic E-state index is 12.0. The first-order valence-electron chi connectivity index (χ1n) is 6.21. The molecule has 3 N–H and O–H groups in total. The summed E-state index contributed by atoms with van der Waals surface area (Å²) in [5, 5.41) is 15.9. The minimum atomic E-state index is -0.564. The highest BCUT2D eigenvalue weighted by Gasteiger charge is 2.31. The number of carbonyl (C=O) groups is 1. The van der Waals surface area contributed by atoms with Crippen molar-refractivity contribution in [2.45, 2.75) is 64.1 Å². The maximum Gasteiger partial charge on any atom is 0.240 e. The molecule has 0 heterocycles. The Bertz CT molecular complexity index is 241. The van der Waals surface area contributed by atoms with E-state index in [1.165, 1.54) is 0 Å². The first-order valence-corrected chi connectivity index (χ1v) is 6.21. The van der Waals surface area contributed by atoms with Gasteiger partial charge in [0.25, 0.3) is 0 Å². The number of hydrogen-bond acceptors (Lipinski definition) is 3. The maximum atomic E-state index is 12.0. The Hall–Kier alpha value is -0.610. The Labute approximate surface area is 97.8 Å². The second-order valence-corrected chi connectivity index (χ2v) is 5.09. The Balaban J connectivity index is 2.49. The van der Waals surface area contributed by atoms with Crippen LogP contribution >= 0.6 is 0 Å². The third-order valence-electron chi connectivity index (χ3n) is 3.23. The van der Waals surface area contributed by atoms with Gasteiger partial charge < -0.3 is 15.7 Å². The summed E-state index contributed by atoms with van der Waals surface area (Å²) in [5.41, 5.74) is -0.564. The summed E-state index contributed by atoms with van der Waals surface area (Å²) in [4.78, 5) is 12.0. The van der Waals surface area contributed by atoms with Gasteiger partial charge in [-0.3, -0.25) is 4.79 Å². The fourth-order valence-corrected chi connectivity index (χ4v) is 2.15. The normalized spacial score (nSPS) is 26.5. The van der Waals surface area contributed by atoms with Crippen molar-refractivity contribution in [2.75, 3.05) is 6.54 Å². The molecule has 1 amide bonds. The van der Waals surface area contributed by atoms with Crippen molar-refractivity contribution < 1.29 is 9.90 Å². The van der Waals surface area contributed by atoms with Crippen LogP contribution in [0, 0.1) is 0 Å². The Kier molecular flexibility index (Phi) is 4.74. The Morgan fingerprint density at radius 2 is 2.00 bits per heavy atom. The lowest BCUT2D eigenvalue weighted by Crippen LogP contribution is -2.57. The van der Waals surface area contributed by atoms with Gasteiger partial charge >= 0.3 is 0 Å². The third-order valence-corrected chi connectivity index (χ3v) is 3.23. The zero-order valence-corrected chi connectivity index (χ0v) is 10.5. The number of aliphatic hydroxyl groups is 1. The lowest BCUT2D eigenvalue weighted by atomic mass is 9.91. The smallest absolute Gasteiger partial charge is 0.240 e. The number of aliphatic hydroxyl groups excluding tert-OH is 1. The van der Waals surface area contributed by atoms with Crippen LogP contribution in [0.1, 0.15) is 46.5 Å². The summed E-state index contributed by atoms with van der Waals surface area (Å²) in [6.45, 7) is 6.46. The van der Waals surface area contributed by atoms with Crippen LogP contribution in [0.25, 0.3) is 0 Å². The number of nitrogens with one attached hydrogen (secondary N) is 2. The zero-order chi connectivity index (χ0) is 12.2. The SMILES string of the molecule is CCNC(C)(C)C(=O)NC1CCCCC1O. The summed E-state index contributed by atoms with van der Waals surface area (Å²) < 4.78 is 0. The van der Waals surface area contributed by atoms with Crippen molar-refractivity contribution in [1.29, 1.82) is 0 Å². The average molecular weight is 228 g/mol. The molecule has 0 aromatic heterocycles. The molecular weight excluding hydrogens is 204 g/mol. The highest BCUT2D eigenvalue weighted by Crippen LogP contribution is 2.19. The van der Waals surface area contributed by atoms with Gasteiger partial charge in [-0.1, -0.05) is 19.8 Å². The molecule has 4 heteroatoms. The van der Waals surface area contributed by atoms with Gasteiger partial charge in [-0.2, -0.15) is 0 Å². The van der Waals surface area contributed by atoms with Crippen molar-refractivity contribution in [3.05, 3.63) is 0 Å². The van der Waals surface area contributed by atoms with E-state index in [1.54, 1.807) is 0 Å². The van der Waals surface area contributed by atoms with E-state index in [0.29, 0.717) is 0 Å². The van der Waals surface area contributed by atoms with Gasteiger partial charge in [-0.25, -0.2) is 0 Å². The molecule has 0 aliphatic heterocycles. The summed E-state index contributed by atoms with van der Waals surface area (Å²) in [6, 6.07) is -0.0702. The van der Waals surface area contributed by atoms with Crippen molar-refractivity contribution in [1.82, 2.24) is 10.6 Å². The van der Waals surface area contributed by atoms with E-state index in [9.17, 15) is 9.90 Å². The zero-order valence-electron chi connectivity index (χ0n) is 10.5. The molecule has 1 rings (SSSR count). The van der Waals surface area contributed by atoms with E-state index in [1.807, 2.05) is 20.8 Å². The molecule has 0 spiro atoms. The van der Waals surface area contributed by atoms with Gasteiger partial charge in [0, 0.05) is 0 Å². The molecule has 94 valence electrons. The number of amides is 1. The molecule has 0 radical (unpaired) electrons. The first-order chi connectivity index (χ1) is 7.47. The minimum Gasteiger partial charge on any atom is -0.391 e. The van der Waals surface area contributed by atoms with E-state index >= 15 is 0 Å². The van der Waals surface area contributed by atoms with Crippen LogP contribution in [0.5, 0.6) is 0 Å². The molecule has 1 aliphatic rings. The Morgan fingerprint density at radius 3 is 2.56 bits per heavy atom. The first kappa shape index (κ1) is 13.5. The molecule has 16 heavy (non-hydrogen) atoms. The molecule has 0 bridgehead atoms. The summed E-state index contributed by atoms with van der Waals surface area (Å²) in [6.07, 6.45) is 3.45. The molecule has 4 nitrogen and oxygen atoms in total. The number of hydrogen-bond donors (Lipinski definition) is 3. The standard InChI is InChI=1S/C12H24N2O2/c1-4-13-12(2,3)11(16)14-9-7-5-6-8-10(9)15/h9-10,13,15H,4-8H2,1-3H3,(H,14,16). The van der Waals surface area contributed by atoms with Crippen LogP contribution in [-0.4, -0.2) is 35.2 Å². The van der Waals surface area contributed by atoms with Gasteiger partial charge in [-0.05, 0) is 33.2 Å². The predicted octanol–water partition coefficient (Wildman–Crippen LogP) is 0.794. The predicted molar refractivity (Wildman–Crippen MR) is 64.2 cm³/mol. The fourth-order valence-electron chi connectivity index (χ4n) is 2.15. The van der Waals surface area contributed by atoms with Gasteiger partial charge in [0.1, 0.15) is 0 Å². The topological polar surface area (TPSA) is 61.4 Å². The molecule has 1 fully saturated rings. The Morgan fingerprint density at radius 1 is 1.38 bits per heavy atom. The molecular formula is C12H24N2O2. The van der Waals surface area contributed by atoms with Crippen LogP contribution < -0.4 is 10.6 Å². The number of carbonyl (C=O) groups excluding carboxylic acids is 1. The second-order valence-electron chi connectivity index (χ2n) is 5.09. The highest BCUT2D eigenvalue weighted by molar-refractivity contribution is 5.85. The van der Waals surface area contributed by atoms with E-state index in [0.717, 1.165) is 32.2 Å². The molecule has 0 aromatic rings. The van der Waals surface area contributed by atoms with Gasteiger partial charge in [-0.15, -0.1) is 0 Å². The summed E-state index contributed by atoms with van der Waals surface area (Å²) in [5.74, 6) is -0.0275. The number of rotatable bonds is 4. The highest BCUT2D eigenvalue weighted by atomic mass is 16.3. The van der Waals surface area contributed by atoms with Crippen LogP contribution in [-0.2, 0) is 4.79 Å². The van der Waals surface area contributed by atoms with Gasteiger partial charge in [0.05, 0.1) is 17.7 Å². The largest absolute Gasteiger partial charge is 0.391 e. The van der Waals surface area contributed by atoms with Crippen LogP contribution in [0.15, 0.2) is 0 Å². The minimum absolute atomic E-state index is 0.0275. The number of likely N-dealkylation sites (N-methyl/N-ethyl adjacent to an activating group) is 1. The van der Waals surface area contributed by atoms with Crippen LogP contribution in [0.2, 0.25) is 0 Å². The average Bonchev–Trinajstić information content (AvgIpc) is 2.21. The monoisotopic (exact) mass is 228 g/mol. The lowest BCUT2D eigenvalue weighted by molar-refractivity contribution is -0.128. The van der Waals surface area contributed by atoms with E-state index < -0.39 is 5.54 Å².